The second-order valence-electron chi connectivity index (χ2n) is 9.58. The Morgan fingerprint density at radius 1 is 1.10 bits per heavy atom. The number of aliphatic hydroxyl groups is 1. The number of hydrogen-bond acceptors (Lipinski definition) is 6. The van der Waals surface area contributed by atoms with E-state index in [-0.39, 0.29) is 37.8 Å². The molecule has 0 radical (unpaired) electrons. The van der Waals surface area contributed by atoms with E-state index in [9.17, 15) is 27.9 Å². The Hall–Kier alpha value is -3.35. The third-order valence-electron chi connectivity index (χ3n) is 6.79. The summed E-state index contributed by atoms with van der Waals surface area (Å²) in [6.45, 7) is 0.368. The van der Waals surface area contributed by atoms with Crippen molar-refractivity contribution in [2.45, 2.75) is 56.3 Å². The van der Waals surface area contributed by atoms with E-state index < -0.39 is 42.1 Å². The number of β-amino-alcohol motifs (C(OH)–C–C–N with tert-alkyl or cyclic N) is 1. The van der Waals surface area contributed by atoms with Gasteiger partial charge in [0.25, 0.3) is 0 Å². The van der Waals surface area contributed by atoms with E-state index in [1.54, 1.807) is 7.11 Å². The molecule has 39 heavy (non-hydrogen) atoms. The number of methoxy groups -OCH3 is 1. The Morgan fingerprint density at radius 2 is 1.85 bits per heavy atom. The second-order valence-corrected chi connectivity index (χ2v) is 9.58. The topological polar surface area (TPSA) is 109 Å². The first-order valence-corrected chi connectivity index (χ1v) is 12.7. The number of fused-ring (bicyclic) bond motifs is 1. The van der Waals surface area contributed by atoms with Crippen molar-refractivity contribution in [3.8, 4) is 5.75 Å². The lowest BCUT2D eigenvalue weighted by atomic mass is 9.95. The highest BCUT2D eigenvalue weighted by Crippen LogP contribution is 2.31. The van der Waals surface area contributed by atoms with Crippen molar-refractivity contribution in [3.05, 3.63) is 59.7 Å². The number of alkyl halides is 3. The summed E-state index contributed by atoms with van der Waals surface area (Å²) in [5.41, 5.74) is 0.219. The Morgan fingerprint density at radius 3 is 2.56 bits per heavy atom. The molecule has 4 atom stereocenters. The smallest absolute Gasteiger partial charge is 0.416 e. The number of urea groups is 1. The summed E-state index contributed by atoms with van der Waals surface area (Å²) >= 11 is 0. The Bertz CT molecular complexity index is 1130. The van der Waals surface area contributed by atoms with Crippen LogP contribution < -0.4 is 15.4 Å². The first kappa shape index (κ1) is 28.7. The molecule has 212 valence electrons. The van der Waals surface area contributed by atoms with E-state index in [1.807, 2.05) is 24.3 Å². The molecule has 2 saturated heterocycles. The van der Waals surface area contributed by atoms with Crippen molar-refractivity contribution >= 4 is 17.6 Å². The minimum Gasteiger partial charge on any atom is -0.496 e. The lowest BCUT2D eigenvalue weighted by molar-refractivity contribution is -0.149. The number of para-hydroxylation sites is 1. The fraction of sp³-hybridized carbons (Fsp3) is 0.481. The van der Waals surface area contributed by atoms with Gasteiger partial charge in [-0.25, -0.2) is 4.79 Å². The molecule has 9 nitrogen and oxygen atoms in total. The SMILES string of the molecule is COc1ccccc1CNC(=O)C[C@H]1CC[C@H]2[C@@H](COC[C@H](O)CN2C(=O)Nc2ccc(C(F)(F)F)cc2)O1. The van der Waals surface area contributed by atoms with Gasteiger partial charge in [-0.3, -0.25) is 4.79 Å². The standard InChI is InChI=1S/C27H32F3N3O6/c1-37-23-5-3-2-4-17(23)13-31-25(35)12-21-10-11-22-24(39-21)16-38-15-20(34)14-33(22)26(36)32-19-8-6-18(7-9-19)27(28,29)30/h2-9,20-22,24,34H,10-16H2,1H3,(H,31,35)(H,32,36)/t20-,21-,22+,24-/m1/s1. The summed E-state index contributed by atoms with van der Waals surface area (Å²) in [4.78, 5) is 27.2. The third-order valence-corrected chi connectivity index (χ3v) is 6.79. The Balaban J connectivity index is 1.36. The molecule has 0 aromatic heterocycles. The van der Waals surface area contributed by atoms with Crippen molar-refractivity contribution in [1.29, 1.82) is 0 Å². The summed E-state index contributed by atoms with van der Waals surface area (Å²) in [6, 6.07) is 10.5. The number of carbonyl (C=O) groups excluding carboxylic acids is 2. The zero-order chi connectivity index (χ0) is 28.0. The largest absolute Gasteiger partial charge is 0.496 e. The molecule has 0 saturated carbocycles. The lowest BCUT2D eigenvalue weighted by Gasteiger charge is -2.44. The van der Waals surface area contributed by atoms with Crippen LogP contribution in [0.25, 0.3) is 0 Å². The first-order valence-electron chi connectivity index (χ1n) is 12.7. The number of nitrogens with one attached hydrogen (secondary N) is 2. The van der Waals surface area contributed by atoms with Crippen LogP contribution >= 0.6 is 0 Å². The summed E-state index contributed by atoms with van der Waals surface area (Å²) < 4.78 is 55.7. The van der Waals surface area contributed by atoms with Crippen molar-refractivity contribution in [2.75, 3.05) is 32.2 Å². The maximum absolute atomic E-state index is 13.2. The Kier molecular flexibility index (Phi) is 9.31. The molecule has 4 rings (SSSR count). The van der Waals surface area contributed by atoms with E-state index in [0.717, 1.165) is 17.7 Å². The Labute approximate surface area is 224 Å². The molecule has 2 aromatic carbocycles. The maximum atomic E-state index is 13.2. The fourth-order valence-corrected chi connectivity index (χ4v) is 4.83. The maximum Gasteiger partial charge on any atom is 0.416 e. The predicted molar refractivity (Wildman–Crippen MR) is 135 cm³/mol. The highest BCUT2D eigenvalue weighted by atomic mass is 19.4. The van der Waals surface area contributed by atoms with Gasteiger partial charge in [0, 0.05) is 17.8 Å². The number of carbonyl (C=O) groups is 2. The molecule has 2 aliphatic rings. The molecule has 0 bridgehead atoms. The van der Waals surface area contributed by atoms with Gasteiger partial charge in [-0.15, -0.1) is 0 Å². The highest BCUT2D eigenvalue weighted by molar-refractivity contribution is 5.89. The zero-order valence-corrected chi connectivity index (χ0v) is 21.4. The number of nitrogens with zero attached hydrogens (tertiary/aromatic N) is 1. The van der Waals surface area contributed by atoms with Crippen LogP contribution in [0.2, 0.25) is 0 Å². The molecule has 12 heteroatoms. The number of benzene rings is 2. The van der Waals surface area contributed by atoms with Gasteiger partial charge in [0.15, 0.2) is 0 Å². The summed E-state index contributed by atoms with van der Waals surface area (Å²) in [5, 5.41) is 15.8. The van der Waals surface area contributed by atoms with Gasteiger partial charge in [-0.05, 0) is 43.2 Å². The number of amides is 3. The molecule has 2 aromatic rings. The predicted octanol–water partition coefficient (Wildman–Crippen LogP) is 3.56. The summed E-state index contributed by atoms with van der Waals surface area (Å²) in [7, 11) is 1.57. The summed E-state index contributed by atoms with van der Waals surface area (Å²) in [6.07, 6.45) is -5.26. The van der Waals surface area contributed by atoms with Gasteiger partial charge >= 0.3 is 12.2 Å². The van der Waals surface area contributed by atoms with Crippen molar-refractivity contribution < 1.29 is 42.1 Å². The quantitative estimate of drug-likeness (QED) is 0.507. The molecule has 3 N–H and O–H groups in total. The van der Waals surface area contributed by atoms with Gasteiger partial charge in [0.05, 0.1) is 57.1 Å². The number of rotatable bonds is 6. The van der Waals surface area contributed by atoms with Gasteiger partial charge in [0.2, 0.25) is 5.91 Å². The van der Waals surface area contributed by atoms with Crippen molar-refractivity contribution in [2.24, 2.45) is 0 Å². The number of aliphatic hydroxyl groups excluding tert-OH is 1. The third kappa shape index (κ3) is 7.61. The van der Waals surface area contributed by atoms with Crippen LogP contribution in [-0.2, 0) is 27.0 Å². The average molecular weight is 552 g/mol. The van der Waals surface area contributed by atoms with E-state index >= 15 is 0 Å². The fourth-order valence-electron chi connectivity index (χ4n) is 4.83. The second kappa shape index (κ2) is 12.7. The number of anilines is 1. The van der Waals surface area contributed by atoms with Crippen molar-refractivity contribution in [3.63, 3.8) is 0 Å². The van der Waals surface area contributed by atoms with E-state index in [0.29, 0.717) is 25.1 Å². The highest BCUT2D eigenvalue weighted by Gasteiger charge is 2.40. The van der Waals surface area contributed by atoms with Crippen LogP contribution in [0.3, 0.4) is 0 Å². The van der Waals surface area contributed by atoms with Crippen LogP contribution in [-0.4, -0.2) is 73.2 Å². The molecular formula is C27H32F3N3O6. The number of ether oxygens (including phenoxy) is 3. The average Bonchev–Trinajstić information content (AvgIpc) is 2.90. The zero-order valence-electron chi connectivity index (χ0n) is 21.4. The van der Waals surface area contributed by atoms with Gasteiger partial charge < -0.3 is 34.9 Å². The van der Waals surface area contributed by atoms with Gasteiger partial charge in [0.1, 0.15) is 11.9 Å². The molecule has 0 unspecified atom stereocenters. The molecule has 0 spiro atoms. The van der Waals surface area contributed by atoms with Crippen LogP contribution in [0.5, 0.6) is 5.75 Å². The van der Waals surface area contributed by atoms with Crippen LogP contribution in [0.15, 0.2) is 48.5 Å². The lowest BCUT2D eigenvalue weighted by Crippen LogP contribution is -2.58. The molecule has 2 heterocycles. The minimum atomic E-state index is -4.48. The van der Waals surface area contributed by atoms with Crippen LogP contribution in [0.4, 0.5) is 23.7 Å². The summed E-state index contributed by atoms with van der Waals surface area (Å²) in [5.74, 6) is 0.488. The van der Waals surface area contributed by atoms with E-state index in [4.69, 9.17) is 14.2 Å². The monoisotopic (exact) mass is 551 g/mol. The molecule has 2 fully saturated rings. The first-order chi connectivity index (χ1) is 18.6. The van der Waals surface area contributed by atoms with Crippen molar-refractivity contribution in [1.82, 2.24) is 10.2 Å². The number of hydrogen-bond donors (Lipinski definition) is 3. The van der Waals surface area contributed by atoms with E-state index in [1.165, 1.54) is 17.0 Å². The number of halogens is 3. The van der Waals surface area contributed by atoms with Gasteiger partial charge in [-0.1, -0.05) is 18.2 Å². The molecule has 2 aliphatic heterocycles. The molecular weight excluding hydrogens is 519 g/mol. The molecule has 0 aliphatic carbocycles. The minimum absolute atomic E-state index is 0.0132. The van der Waals surface area contributed by atoms with Crippen LogP contribution in [0.1, 0.15) is 30.4 Å². The molecule has 3 amide bonds. The van der Waals surface area contributed by atoms with Crippen LogP contribution in [0, 0.1) is 0 Å². The van der Waals surface area contributed by atoms with E-state index in [2.05, 4.69) is 10.6 Å². The normalized spacial score (nSPS) is 23.7. The van der Waals surface area contributed by atoms with Gasteiger partial charge in [-0.2, -0.15) is 13.2 Å².